The number of aryl methyl sites for hydroxylation is 1. The van der Waals surface area contributed by atoms with Crippen molar-refractivity contribution in [2.45, 2.75) is 20.0 Å². The topological polar surface area (TPSA) is 34.4 Å². The molecular formula is C20H21BrClNO2. The van der Waals surface area contributed by atoms with Gasteiger partial charge in [-0.25, -0.2) is 0 Å². The Labute approximate surface area is 162 Å². The number of methoxy groups -OCH3 is 1. The zero-order valence-corrected chi connectivity index (χ0v) is 16.6. The normalized spacial score (nSPS) is 10.4. The van der Waals surface area contributed by atoms with Crippen molar-refractivity contribution in [2.75, 3.05) is 7.11 Å². The van der Waals surface area contributed by atoms with Crippen molar-refractivity contribution < 1.29 is 9.15 Å². The first kappa shape index (κ1) is 19.6. The molecule has 0 aliphatic heterocycles. The van der Waals surface area contributed by atoms with Gasteiger partial charge in [0, 0.05) is 16.6 Å². The molecular weight excluding hydrogens is 402 g/mol. The molecule has 3 aromatic rings. The van der Waals surface area contributed by atoms with E-state index in [0.29, 0.717) is 6.54 Å². The fourth-order valence-electron chi connectivity index (χ4n) is 2.59. The van der Waals surface area contributed by atoms with Crippen LogP contribution >= 0.6 is 28.3 Å². The Morgan fingerprint density at radius 2 is 1.76 bits per heavy atom. The molecule has 1 N–H and O–H groups in total. The van der Waals surface area contributed by atoms with Crippen LogP contribution in [0.25, 0.3) is 11.3 Å². The van der Waals surface area contributed by atoms with E-state index in [1.807, 2.05) is 30.3 Å². The summed E-state index contributed by atoms with van der Waals surface area (Å²) in [6.07, 6.45) is 0. The van der Waals surface area contributed by atoms with Crippen LogP contribution in [0.4, 0.5) is 0 Å². The molecule has 0 atom stereocenters. The molecule has 3 rings (SSSR count). The number of nitrogens with one attached hydrogen (secondary N) is 1. The van der Waals surface area contributed by atoms with Gasteiger partial charge in [-0.2, -0.15) is 0 Å². The Morgan fingerprint density at radius 1 is 1.00 bits per heavy atom. The maximum absolute atomic E-state index is 5.97. The molecule has 0 fully saturated rings. The van der Waals surface area contributed by atoms with Crippen molar-refractivity contribution in [1.29, 1.82) is 0 Å². The fraction of sp³-hybridized carbons (Fsp3) is 0.200. The average Bonchev–Trinajstić information content (AvgIpc) is 3.04. The van der Waals surface area contributed by atoms with E-state index >= 15 is 0 Å². The lowest BCUT2D eigenvalue weighted by Gasteiger charge is -2.05. The molecule has 1 heterocycles. The third kappa shape index (κ3) is 5.11. The Balaban J connectivity index is 0.00000225. The lowest BCUT2D eigenvalue weighted by Crippen LogP contribution is -2.11. The molecule has 25 heavy (non-hydrogen) atoms. The third-order valence-corrected chi connectivity index (χ3v) is 4.40. The molecule has 0 bridgehead atoms. The van der Waals surface area contributed by atoms with Crippen molar-refractivity contribution in [3.63, 3.8) is 0 Å². The van der Waals surface area contributed by atoms with Crippen LogP contribution in [0.2, 0.25) is 0 Å². The molecule has 0 amide bonds. The lowest BCUT2D eigenvalue weighted by atomic mass is 10.1. The van der Waals surface area contributed by atoms with E-state index in [1.54, 1.807) is 7.11 Å². The molecule has 0 saturated carbocycles. The predicted molar refractivity (Wildman–Crippen MR) is 107 cm³/mol. The van der Waals surface area contributed by atoms with Gasteiger partial charge in [0.1, 0.15) is 17.3 Å². The SMILES string of the molecule is COc1ccc(CNCc2ccc(-c3ccc(Br)cc3C)o2)cc1.Cl. The quantitative estimate of drug-likeness (QED) is 0.550. The summed E-state index contributed by atoms with van der Waals surface area (Å²) in [6.45, 7) is 3.57. The van der Waals surface area contributed by atoms with Gasteiger partial charge in [0.15, 0.2) is 0 Å². The van der Waals surface area contributed by atoms with Gasteiger partial charge in [0.2, 0.25) is 0 Å². The minimum Gasteiger partial charge on any atom is -0.497 e. The number of halogens is 2. The molecule has 0 aliphatic rings. The number of benzene rings is 2. The standard InChI is InChI=1S/C20H20BrNO2.ClH/c1-14-11-16(21)5-9-19(14)20-10-8-18(24-20)13-22-12-15-3-6-17(23-2)7-4-15;/h3-11,22H,12-13H2,1-2H3;1H. The largest absolute Gasteiger partial charge is 0.497 e. The molecule has 0 unspecified atom stereocenters. The summed E-state index contributed by atoms with van der Waals surface area (Å²) in [5.74, 6) is 2.71. The lowest BCUT2D eigenvalue weighted by molar-refractivity contribution is 0.414. The number of ether oxygens (including phenoxy) is 1. The first-order valence-electron chi connectivity index (χ1n) is 7.84. The van der Waals surface area contributed by atoms with Crippen LogP contribution in [0.3, 0.4) is 0 Å². The zero-order valence-electron chi connectivity index (χ0n) is 14.2. The summed E-state index contributed by atoms with van der Waals surface area (Å²) < 4.78 is 12.2. The molecule has 0 aliphatic carbocycles. The Bertz CT molecular complexity index is 815. The van der Waals surface area contributed by atoms with Crippen molar-refractivity contribution in [1.82, 2.24) is 5.32 Å². The van der Waals surface area contributed by atoms with Gasteiger partial charge in [-0.05, 0) is 60.5 Å². The van der Waals surface area contributed by atoms with Crippen LogP contribution in [0.5, 0.6) is 5.75 Å². The minimum atomic E-state index is 0. The van der Waals surface area contributed by atoms with Gasteiger partial charge in [0.05, 0.1) is 13.7 Å². The molecule has 0 radical (unpaired) electrons. The summed E-state index contributed by atoms with van der Waals surface area (Å²) in [5.41, 5.74) is 3.53. The smallest absolute Gasteiger partial charge is 0.134 e. The van der Waals surface area contributed by atoms with E-state index < -0.39 is 0 Å². The fourth-order valence-corrected chi connectivity index (χ4v) is 3.07. The molecule has 0 saturated heterocycles. The molecule has 3 nitrogen and oxygen atoms in total. The van der Waals surface area contributed by atoms with Crippen LogP contribution in [0.1, 0.15) is 16.9 Å². The second-order valence-electron chi connectivity index (χ2n) is 5.68. The van der Waals surface area contributed by atoms with Gasteiger partial charge in [-0.3, -0.25) is 0 Å². The van der Waals surface area contributed by atoms with Gasteiger partial charge in [0.25, 0.3) is 0 Å². The number of hydrogen-bond acceptors (Lipinski definition) is 3. The van der Waals surface area contributed by atoms with Crippen molar-refractivity contribution in [3.8, 4) is 17.1 Å². The maximum Gasteiger partial charge on any atom is 0.134 e. The van der Waals surface area contributed by atoms with Gasteiger partial charge < -0.3 is 14.5 Å². The van der Waals surface area contributed by atoms with Gasteiger partial charge >= 0.3 is 0 Å². The van der Waals surface area contributed by atoms with Crippen LogP contribution in [-0.2, 0) is 13.1 Å². The monoisotopic (exact) mass is 421 g/mol. The maximum atomic E-state index is 5.97. The second-order valence-corrected chi connectivity index (χ2v) is 6.59. The molecule has 2 aromatic carbocycles. The number of rotatable bonds is 6. The van der Waals surface area contributed by atoms with Crippen molar-refractivity contribution in [3.05, 3.63) is 76.0 Å². The number of furan rings is 1. The first-order valence-corrected chi connectivity index (χ1v) is 8.64. The Kier molecular flexibility index (Phi) is 7.12. The van der Waals surface area contributed by atoms with E-state index in [-0.39, 0.29) is 12.4 Å². The summed E-state index contributed by atoms with van der Waals surface area (Å²) in [4.78, 5) is 0. The van der Waals surface area contributed by atoms with E-state index in [4.69, 9.17) is 9.15 Å². The van der Waals surface area contributed by atoms with E-state index in [2.05, 4.69) is 52.4 Å². The zero-order chi connectivity index (χ0) is 16.9. The van der Waals surface area contributed by atoms with Crippen molar-refractivity contribution in [2.24, 2.45) is 0 Å². The highest BCUT2D eigenvalue weighted by molar-refractivity contribution is 9.10. The van der Waals surface area contributed by atoms with E-state index in [1.165, 1.54) is 11.1 Å². The predicted octanol–water partition coefficient (Wildman–Crippen LogP) is 5.74. The minimum absolute atomic E-state index is 0. The Morgan fingerprint density at radius 3 is 2.44 bits per heavy atom. The molecule has 132 valence electrons. The van der Waals surface area contributed by atoms with Crippen LogP contribution in [0.15, 0.2) is 63.5 Å². The molecule has 0 spiro atoms. The van der Waals surface area contributed by atoms with Crippen molar-refractivity contribution >= 4 is 28.3 Å². The van der Waals surface area contributed by atoms with Crippen LogP contribution in [0, 0.1) is 6.92 Å². The first-order chi connectivity index (χ1) is 11.7. The third-order valence-electron chi connectivity index (χ3n) is 3.90. The number of hydrogen-bond donors (Lipinski definition) is 1. The Hall–Kier alpha value is -1.75. The highest BCUT2D eigenvalue weighted by Crippen LogP contribution is 2.27. The summed E-state index contributed by atoms with van der Waals surface area (Å²) in [6, 6.07) is 18.3. The highest BCUT2D eigenvalue weighted by Gasteiger charge is 2.08. The summed E-state index contributed by atoms with van der Waals surface area (Å²) in [5, 5.41) is 3.40. The van der Waals surface area contributed by atoms with E-state index in [9.17, 15) is 0 Å². The molecule has 5 heteroatoms. The van der Waals surface area contributed by atoms with Crippen LogP contribution in [-0.4, -0.2) is 7.11 Å². The van der Waals surface area contributed by atoms with E-state index in [0.717, 1.165) is 33.9 Å². The van der Waals surface area contributed by atoms with Crippen LogP contribution < -0.4 is 10.1 Å². The van der Waals surface area contributed by atoms with Gasteiger partial charge in [-0.1, -0.05) is 28.1 Å². The average molecular weight is 423 g/mol. The second kappa shape index (κ2) is 9.09. The molecule has 1 aromatic heterocycles. The highest BCUT2D eigenvalue weighted by atomic mass is 79.9. The summed E-state index contributed by atoms with van der Waals surface area (Å²) >= 11 is 3.49. The van der Waals surface area contributed by atoms with Gasteiger partial charge in [-0.15, -0.1) is 12.4 Å². The summed E-state index contributed by atoms with van der Waals surface area (Å²) in [7, 11) is 1.68.